The molecule has 6 heteroatoms. The van der Waals surface area contributed by atoms with Crippen LogP contribution >= 0.6 is 0 Å². The number of para-hydroxylation sites is 1. The number of aliphatic carboxylic acids is 1. The Morgan fingerprint density at radius 3 is 2.48 bits per heavy atom. The topological polar surface area (TPSA) is 78.9 Å². The molecule has 1 amide bonds. The zero-order valence-electron chi connectivity index (χ0n) is 15.1. The minimum Gasteiger partial charge on any atom is -0.489 e. The van der Waals surface area contributed by atoms with Gasteiger partial charge in [-0.15, -0.1) is 0 Å². The molecule has 1 fully saturated rings. The number of carboxylic acids is 1. The van der Waals surface area contributed by atoms with Crippen molar-refractivity contribution in [2.75, 3.05) is 13.1 Å². The number of ether oxygens (including phenoxy) is 1. The second-order valence-corrected chi connectivity index (χ2v) is 6.66. The van der Waals surface area contributed by atoms with Crippen LogP contribution in [0.15, 0.2) is 54.6 Å². The molecule has 6 nitrogen and oxygen atoms in total. The highest BCUT2D eigenvalue weighted by molar-refractivity contribution is 5.80. The van der Waals surface area contributed by atoms with Gasteiger partial charge in [0.15, 0.2) is 0 Å². The third-order valence-electron chi connectivity index (χ3n) is 4.66. The van der Waals surface area contributed by atoms with Crippen molar-refractivity contribution in [2.24, 2.45) is 0 Å². The molecule has 0 radical (unpaired) electrons. The number of carbonyl (C=O) groups excluding carboxylic acids is 1. The average Bonchev–Trinajstić information content (AvgIpc) is 3.15. The van der Waals surface area contributed by atoms with Crippen LogP contribution in [0.3, 0.4) is 0 Å². The lowest BCUT2D eigenvalue weighted by molar-refractivity contribution is -0.142. The van der Waals surface area contributed by atoms with Gasteiger partial charge in [0.25, 0.3) is 0 Å². The maximum Gasteiger partial charge on any atom is 0.320 e. The Balaban J connectivity index is 1.43. The van der Waals surface area contributed by atoms with Gasteiger partial charge in [0, 0.05) is 6.54 Å². The molecule has 0 saturated carbocycles. The van der Waals surface area contributed by atoms with E-state index in [4.69, 9.17) is 9.84 Å². The first-order chi connectivity index (χ1) is 13.1. The highest BCUT2D eigenvalue weighted by atomic mass is 16.5. The summed E-state index contributed by atoms with van der Waals surface area (Å²) in [5.41, 5.74) is 2.04. The van der Waals surface area contributed by atoms with Crippen molar-refractivity contribution in [3.63, 3.8) is 0 Å². The SMILES string of the molecule is O=C(CN1CCC[C@H]1C(=O)O)NCc1ccc(COc2ccccc2)cc1. The molecular formula is C21H24N2O4. The molecule has 2 N–H and O–H groups in total. The Bertz CT molecular complexity index is 762. The van der Waals surface area contributed by atoms with E-state index in [-0.39, 0.29) is 12.5 Å². The molecule has 0 aliphatic carbocycles. The van der Waals surface area contributed by atoms with Gasteiger partial charge in [-0.1, -0.05) is 42.5 Å². The molecule has 1 aliphatic rings. The molecule has 1 saturated heterocycles. The Morgan fingerprint density at radius 1 is 1.07 bits per heavy atom. The fourth-order valence-corrected chi connectivity index (χ4v) is 3.17. The fraction of sp³-hybridized carbons (Fsp3) is 0.333. The van der Waals surface area contributed by atoms with Gasteiger partial charge in [-0.2, -0.15) is 0 Å². The minimum atomic E-state index is -0.853. The van der Waals surface area contributed by atoms with Gasteiger partial charge >= 0.3 is 5.97 Å². The van der Waals surface area contributed by atoms with E-state index < -0.39 is 12.0 Å². The van der Waals surface area contributed by atoms with Crippen molar-refractivity contribution >= 4 is 11.9 Å². The third-order valence-corrected chi connectivity index (χ3v) is 4.66. The first kappa shape index (κ1) is 18.9. The molecular weight excluding hydrogens is 344 g/mol. The quantitative estimate of drug-likeness (QED) is 0.748. The Labute approximate surface area is 158 Å². The zero-order chi connectivity index (χ0) is 19.1. The van der Waals surface area contributed by atoms with Crippen molar-refractivity contribution in [2.45, 2.75) is 32.0 Å². The number of rotatable bonds is 8. The molecule has 0 aromatic heterocycles. The predicted molar refractivity (Wildman–Crippen MR) is 101 cm³/mol. The van der Waals surface area contributed by atoms with Crippen LogP contribution in [0.1, 0.15) is 24.0 Å². The van der Waals surface area contributed by atoms with Crippen molar-refractivity contribution in [1.29, 1.82) is 0 Å². The van der Waals surface area contributed by atoms with Crippen LogP contribution in [0.25, 0.3) is 0 Å². The molecule has 0 spiro atoms. The van der Waals surface area contributed by atoms with Crippen molar-refractivity contribution in [3.8, 4) is 5.75 Å². The van der Waals surface area contributed by atoms with Gasteiger partial charge in [0.1, 0.15) is 18.4 Å². The molecule has 2 aromatic carbocycles. The number of hydrogen-bond donors (Lipinski definition) is 2. The first-order valence-corrected chi connectivity index (χ1v) is 9.11. The summed E-state index contributed by atoms with van der Waals surface area (Å²) < 4.78 is 5.71. The van der Waals surface area contributed by atoms with Crippen LogP contribution in [0.4, 0.5) is 0 Å². The average molecular weight is 368 g/mol. The van der Waals surface area contributed by atoms with Crippen LogP contribution in [-0.2, 0) is 22.7 Å². The smallest absolute Gasteiger partial charge is 0.320 e. The summed E-state index contributed by atoms with van der Waals surface area (Å²) in [4.78, 5) is 25.0. The number of benzene rings is 2. The van der Waals surface area contributed by atoms with Gasteiger partial charge in [0.2, 0.25) is 5.91 Å². The summed E-state index contributed by atoms with van der Waals surface area (Å²) in [7, 11) is 0. The van der Waals surface area contributed by atoms with Gasteiger partial charge < -0.3 is 15.2 Å². The number of likely N-dealkylation sites (tertiary alicyclic amines) is 1. The maximum atomic E-state index is 12.1. The summed E-state index contributed by atoms with van der Waals surface area (Å²) in [6, 6.07) is 17.0. The molecule has 3 rings (SSSR count). The van der Waals surface area contributed by atoms with E-state index in [1.54, 1.807) is 4.90 Å². The van der Waals surface area contributed by atoms with Gasteiger partial charge in [-0.3, -0.25) is 14.5 Å². The summed E-state index contributed by atoms with van der Waals surface area (Å²) in [6.07, 6.45) is 1.42. The summed E-state index contributed by atoms with van der Waals surface area (Å²) in [6.45, 7) is 1.69. The molecule has 1 heterocycles. The maximum absolute atomic E-state index is 12.1. The second-order valence-electron chi connectivity index (χ2n) is 6.66. The van der Waals surface area contributed by atoms with E-state index in [0.29, 0.717) is 26.1 Å². The number of amides is 1. The molecule has 1 aliphatic heterocycles. The van der Waals surface area contributed by atoms with E-state index in [1.165, 1.54) is 0 Å². The number of hydrogen-bond acceptors (Lipinski definition) is 4. The van der Waals surface area contributed by atoms with Crippen molar-refractivity contribution < 1.29 is 19.4 Å². The van der Waals surface area contributed by atoms with Crippen LogP contribution < -0.4 is 10.1 Å². The summed E-state index contributed by atoms with van der Waals surface area (Å²) in [5, 5.41) is 12.0. The molecule has 142 valence electrons. The number of nitrogens with zero attached hydrogens (tertiary/aromatic N) is 1. The number of carboxylic acid groups (broad SMARTS) is 1. The standard InChI is InChI=1S/C21H24N2O4/c24-20(14-23-12-4-7-19(23)21(25)26)22-13-16-8-10-17(11-9-16)15-27-18-5-2-1-3-6-18/h1-3,5-6,8-11,19H,4,7,12-15H2,(H,22,24)(H,25,26)/t19-/m0/s1. The monoisotopic (exact) mass is 368 g/mol. The van der Waals surface area contributed by atoms with E-state index >= 15 is 0 Å². The number of nitrogens with one attached hydrogen (secondary N) is 1. The van der Waals surface area contributed by atoms with Crippen molar-refractivity contribution in [1.82, 2.24) is 10.2 Å². The lowest BCUT2D eigenvalue weighted by Gasteiger charge is -2.20. The van der Waals surface area contributed by atoms with Gasteiger partial charge in [0.05, 0.1) is 6.54 Å². The molecule has 0 bridgehead atoms. The van der Waals surface area contributed by atoms with Crippen LogP contribution in [0.5, 0.6) is 5.75 Å². The largest absolute Gasteiger partial charge is 0.489 e. The normalized spacial score (nSPS) is 16.8. The van der Waals surface area contributed by atoms with Crippen LogP contribution in [0.2, 0.25) is 0 Å². The van der Waals surface area contributed by atoms with Crippen LogP contribution in [-0.4, -0.2) is 41.0 Å². The lowest BCUT2D eigenvalue weighted by atomic mass is 10.1. The molecule has 27 heavy (non-hydrogen) atoms. The number of carbonyl (C=O) groups is 2. The highest BCUT2D eigenvalue weighted by Gasteiger charge is 2.31. The van der Waals surface area contributed by atoms with E-state index in [0.717, 1.165) is 23.3 Å². The zero-order valence-corrected chi connectivity index (χ0v) is 15.1. The van der Waals surface area contributed by atoms with Crippen molar-refractivity contribution in [3.05, 3.63) is 65.7 Å². The Kier molecular flexibility index (Phi) is 6.44. The van der Waals surface area contributed by atoms with Crippen LogP contribution in [0, 0.1) is 0 Å². The fourth-order valence-electron chi connectivity index (χ4n) is 3.17. The van der Waals surface area contributed by atoms with E-state index in [1.807, 2.05) is 54.6 Å². The van der Waals surface area contributed by atoms with Gasteiger partial charge in [-0.25, -0.2) is 0 Å². The lowest BCUT2D eigenvalue weighted by Crippen LogP contribution is -2.42. The summed E-state index contributed by atoms with van der Waals surface area (Å²) in [5.74, 6) is -0.177. The molecule has 0 unspecified atom stereocenters. The first-order valence-electron chi connectivity index (χ1n) is 9.11. The Hall–Kier alpha value is -2.86. The van der Waals surface area contributed by atoms with E-state index in [2.05, 4.69) is 5.32 Å². The van der Waals surface area contributed by atoms with Gasteiger partial charge in [-0.05, 0) is 42.6 Å². The third kappa shape index (κ3) is 5.56. The van der Waals surface area contributed by atoms with E-state index in [9.17, 15) is 9.59 Å². The Morgan fingerprint density at radius 2 is 1.78 bits per heavy atom. The predicted octanol–water partition coefficient (Wildman–Crippen LogP) is 2.43. The molecule has 2 aromatic rings. The minimum absolute atomic E-state index is 0.125. The summed E-state index contributed by atoms with van der Waals surface area (Å²) >= 11 is 0. The molecule has 1 atom stereocenters. The highest BCUT2D eigenvalue weighted by Crippen LogP contribution is 2.16. The second kappa shape index (κ2) is 9.19.